The molecule has 0 spiro atoms. The maximum Gasteiger partial charge on any atom is 0.331 e. The Labute approximate surface area is 74.4 Å². The lowest BCUT2D eigenvalue weighted by Gasteiger charge is -1.96. The molecule has 0 rings (SSSR count). The molecule has 0 atom stereocenters. The van der Waals surface area contributed by atoms with Crippen molar-refractivity contribution >= 4 is 18.4 Å². The molecule has 0 aromatic rings. The fraction of sp³-hybridized carbons (Fsp3) is 0.286. The number of hydrogen-bond acceptors (Lipinski definition) is 4. The SMILES string of the molecule is C=C(CC(=O)OC)C(=O)O.O=CO. The van der Waals surface area contributed by atoms with Crippen molar-refractivity contribution in [3.8, 4) is 0 Å². The van der Waals surface area contributed by atoms with E-state index in [0.717, 1.165) is 0 Å². The Morgan fingerprint density at radius 3 is 2.15 bits per heavy atom. The first-order valence-corrected chi connectivity index (χ1v) is 3.05. The molecule has 0 saturated carbocycles. The molecule has 74 valence electrons. The molecule has 0 aliphatic carbocycles. The topological polar surface area (TPSA) is 101 Å². The molecule has 0 aliphatic rings. The summed E-state index contributed by atoms with van der Waals surface area (Å²) in [5.74, 6) is -1.77. The Hall–Kier alpha value is -1.85. The number of rotatable bonds is 3. The summed E-state index contributed by atoms with van der Waals surface area (Å²) >= 11 is 0. The Balaban J connectivity index is 0. The van der Waals surface area contributed by atoms with E-state index >= 15 is 0 Å². The highest BCUT2D eigenvalue weighted by Crippen LogP contribution is 1.98. The number of carbonyl (C=O) groups is 3. The summed E-state index contributed by atoms with van der Waals surface area (Å²) in [6, 6.07) is 0. The van der Waals surface area contributed by atoms with Crippen molar-refractivity contribution in [3.05, 3.63) is 12.2 Å². The van der Waals surface area contributed by atoms with Gasteiger partial charge >= 0.3 is 11.9 Å². The summed E-state index contributed by atoms with van der Waals surface area (Å²) in [4.78, 5) is 28.8. The van der Waals surface area contributed by atoms with E-state index in [1.807, 2.05) is 0 Å². The third-order valence-electron chi connectivity index (χ3n) is 0.888. The number of carbonyl (C=O) groups excluding carboxylic acids is 1. The Kier molecular flexibility index (Phi) is 8.71. The van der Waals surface area contributed by atoms with E-state index in [1.165, 1.54) is 7.11 Å². The normalized spacial score (nSPS) is 7.46. The zero-order chi connectivity index (χ0) is 10.9. The summed E-state index contributed by atoms with van der Waals surface area (Å²) in [5.41, 5.74) is -0.160. The van der Waals surface area contributed by atoms with Gasteiger partial charge in [0.2, 0.25) is 0 Å². The van der Waals surface area contributed by atoms with Crippen LogP contribution < -0.4 is 0 Å². The summed E-state index contributed by atoms with van der Waals surface area (Å²) in [6.07, 6.45) is -0.258. The average Bonchev–Trinajstić information content (AvgIpc) is 2.05. The van der Waals surface area contributed by atoms with Gasteiger partial charge in [-0.25, -0.2) is 4.79 Å². The quantitative estimate of drug-likeness (QED) is 0.366. The Morgan fingerprint density at radius 1 is 1.54 bits per heavy atom. The van der Waals surface area contributed by atoms with Crippen LogP contribution in [0, 0.1) is 0 Å². The molecule has 6 nitrogen and oxygen atoms in total. The largest absolute Gasteiger partial charge is 0.483 e. The van der Waals surface area contributed by atoms with Gasteiger partial charge in [0, 0.05) is 5.57 Å². The monoisotopic (exact) mass is 190 g/mol. The zero-order valence-electron chi connectivity index (χ0n) is 7.02. The minimum atomic E-state index is -1.18. The second-order valence-corrected chi connectivity index (χ2v) is 1.77. The molecule has 0 aliphatic heterocycles. The standard InChI is InChI=1S/C6H8O4.CH2O2/c1-4(6(8)9)3-5(7)10-2;2-1-3/h1,3H2,2H3,(H,8,9);1H,(H,2,3). The highest BCUT2D eigenvalue weighted by molar-refractivity contribution is 5.91. The van der Waals surface area contributed by atoms with Crippen LogP contribution in [-0.2, 0) is 19.1 Å². The molecular formula is C7H10O6. The van der Waals surface area contributed by atoms with Crippen molar-refractivity contribution in [2.75, 3.05) is 7.11 Å². The number of esters is 1. The average molecular weight is 190 g/mol. The molecule has 0 aromatic heterocycles. The first-order chi connectivity index (χ1) is 5.99. The molecule has 6 heteroatoms. The lowest BCUT2D eigenvalue weighted by atomic mass is 10.2. The fourth-order valence-corrected chi connectivity index (χ4v) is 0.322. The number of hydrogen-bond donors (Lipinski definition) is 2. The van der Waals surface area contributed by atoms with E-state index in [1.54, 1.807) is 0 Å². The van der Waals surface area contributed by atoms with Gasteiger partial charge in [0.15, 0.2) is 0 Å². The van der Waals surface area contributed by atoms with E-state index in [2.05, 4.69) is 11.3 Å². The van der Waals surface area contributed by atoms with Gasteiger partial charge in [0.05, 0.1) is 13.5 Å². The third-order valence-corrected chi connectivity index (χ3v) is 0.888. The molecule has 0 unspecified atom stereocenters. The maximum absolute atomic E-state index is 10.4. The third kappa shape index (κ3) is 10.2. The van der Waals surface area contributed by atoms with Crippen molar-refractivity contribution in [2.24, 2.45) is 0 Å². The smallest absolute Gasteiger partial charge is 0.331 e. The van der Waals surface area contributed by atoms with Crippen molar-refractivity contribution in [3.63, 3.8) is 0 Å². The molecule has 2 N–H and O–H groups in total. The second-order valence-electron chi connectivity index (χ2n) is 1.77. The summed E-state index contributed by atoms with van der Waals surface area (Å²) < 4.78 is 4.21. The van der Waals surface area contributed by atoms with Crippen LogP contribution in [0.25, 0.3) is 0 Å². The number of carboxylic acids is 1. The lowest BCUT2D eigenvalue weighted by Crippen LogP contribution is -2.07. The van der Waals surface area contributed by atoms with Gasteiger partial charge in [0.1, 0.15) is 0 Å². The summed E-state index contributed by atoms with van der Waals surface area (Å²) in [6.45, 7) is 2.89. The first kappa shape index (κ1) is 13.7. The number of carboxylic acid groups (broad SMARTS) is 2. The maximum atomic E-state index is 10.4. The first-order valence-electron chi connectivity index (χ1n) is 3.05. The van der Waals surface area contributed by atoms with Crippen molar-refractivity contribution in [1.29, 1.82) is 0 Å². The molecule has 0 amide bonds. The fourth-order valence-electron chi connectivity index (χ4n) is 0.322. The second kappa shape index (κ2) is 8.25. The van der Waals surface area contributed by atoms with Gasteiger partial charge in [-0.2, -0.15) is 0 Å². The lowest BCUT2D eigenvalue weighted by molar-refractivity contribution is -0.142. The van der Waals surface area contributed by atoms with Crippen LogP contribution >= 0.6 is 0 Å². The summed E-state index contributed by atoms with van der Waals surface area (Å²) in [5, 5.41) is 15.1. The number of aliphatic carboxylic acids is 1. The van der Waals surface area contributed by atoms with E-state index in [9.17, 15) is 9.59 Å². The van der Waals surface area contributed by atoms with Crippen LogP contribution in [-0.4, -0.2) is 35.7 Å². The van der Waals surface area contributed by atoms with Gasteiger partial charge < -0.3 is 14.9 Å². The van der Waals surface area contributed by atoms with E-state index < -0.39 is 11.9 Å². The van der Waals surface area contributed by atoms with Crippen molar-refractivity contribution in [2.45, 2.75) is 6.42 Å². The number of methoxy groups -OCH3 is 1. The van der Waals surface area contributed by atoms with Crippen LogP contribution in [0.5, 0.6) is 0 Å². The van der Waals surface area contributed by atoms with Crippen LogP contribution in [0.3, 0.4) is 0 Å². The van der Waals surface area contributed by atoms with E-state index in [-0.39, 0.29) is 18.5 Å². The minimum absolute atomic E-state index is 0.160. The van der Waals surface area contributed by atoms with Crippen molar-refractivity contribution < 1.29 is 29.3 Å². The van der Waals surface area contributed by atoms with Crippen LogP contribution in [0.2, 0.25) is 0 Å². The zero-order valence-corrected chi connectivity index (χ0v) is 7.02. The van der Waals surface area contributed by atoms with Gasteiger partial charge in [-0.05, 0) is 0 Å². The molecule has 0 bridgehead atoms. The predicted octanol–water partition coefficient (Wildman–Crippen LogP) is -0.109. The predicted molar refractivity (Wildman–Crippen MR) is 42.1 cm³/mol. The summed E-state index contributed by atoms with van der Waals surface area (Å²) in [7, 11) is 1.19. The van der Waals surface area contributed by atoms with E-state index in [0.29, 0.717) is 0 Å². The Morgan fingerprint density at radius 2 is 1.92 bits per heavy atom. The molecule has 0 saturated heterocycles. The molecule has 0 fully saturated rings. The highest BCUT2D eigenvalue weighted by Gasteiger charge is 2.09. The van der Waals surface area contributed by atoms with Crippen LogP contribution in [0.4, 0.5) is 0 Å². The van der Waals surface area contributed by atoms with Gasteiger partial charge in [0.25, 0.3) is 6.47 Å². The molecule has 0 aromatic carbocycles. The molecular weight excluding hydrogens is 180 g/mol. The van der Waals surface area contributed by atoms with Gasteiger partial charge in [-0.15, -0.1) is 0 Å². The van der Waals surface area contributed by atoms with Crippen LogP contribution in [0.15, 0.2) is 12.2 Å². The number of ether oxygens (including phenoxy) is 1. The van der Waals surface area contributed by atoms with Gasteiger partial charge in [-0.3, -0.25) is 9.59 Å². The van der Waals surface area contributed by atoms with Crippen LogP contribution in [0.1, 0.15) is 6.42 Å². The molecule has 13 heavy (non-hydrogen) atoms. The minimum Gasteiger partial charge on any atom is -0.483 e. The van der Waals surface area contributed by atoms with E-state index in [4.69, 9.17) is 15.0 Å². The highest BCUT2D eigenvalue weighted by atomic mass is 16.5. The Bertz CT molecular complexity index is 207. The van der Waals surface area contributed by atoms with Crippen molar-refractivity contribution in [1.82, 2.24) is 0 Å². The van der Waals surface area contributed by atoms with Gasteiger partial charge in [-0.1, -0.05) is 6.58 Å². The molecule has 0 heterocycles. The molecule has 0 radical (unpaired) electrons.